The molecule has 208 valence electrons. The Labute approximate surface area is 236 Å². The van der Waals surface area contributed by atoms with E-state index in [1.54, 1.807) is 0 Å². The zero-order chi connectivity index (χ0) is 27.3. The van der Waals surface area contributed by atoms with Gasteiger partial charge in [-0.25, -0.2) is 0 Å². The topological polar surface area (TPSA) is 96.0 Å². The van der Waals surface area contributed by atoms with E-state index in [9.17, 15) is 17.5 Å². The fraction of sp³-hybridized carbons (Fsp3) is 0.875. The van der Waals surface area contributed by atoms with E-state index in [0.717, 1.165) is 27.6 Å². The summed E-state index contributed by atoms with van der Waals surface area (Å²) in [5.41, 5.74) is 0. The maximum absolute atomic E-state index is 11.2. The Kier molecular flexibility index (Phi) is 36.3. The van der Waals surface area contributed by atoms with Crippen molar-refractivity contribution in [2.45, 2.75) is 87.9 Å². The van der Waals surface area contributed by atoms with Gasteiger partial charge in [-0.05, 0) is 12.3 Å². The van der Waals surface area contributed by atoms with Gasteiger partial charge in [-0.2, -0.15) is 37.9 Å². The summed E-state index contributed by atoms with van der Waals surface area (Å²) >= 11 is 9.18. The molecule has 0 atom stereocenters. The minimum atomic E-state index is -1.99. The smallest absolute Gasteiger partial charge is 0.315 e. The van der Waals surface area contributed by atoms with Crippen molar-refractivity contribution in [1.82, 2.24) is 0 Å². The van der Waals surface area contributed by atoms with Crippen molar-refractivity contribution in [2.24, 2.45) is 5.92 Å². The molecule has 0 aromatic heterocycles. The molecule has 0 N–H and O–H groups in total. The molecule has 0 aromatic rings. The molecule has 0 rings (SSSR count). The van der Waals surface area contributed by atoms with Crippen molar-refractivity contribution in [3.63, 3.8) is 0 Å². The summed E-state index contributed by atoms with van der Waals surface area (Å²) in [5.74, 6) is -0.0554. The molecule has 0 unspecified atom stereocenters. The summed E-state index contributed by atoms with van der Waals surface area (Å²) in [6.45, 7) is 9.46. The molecule has 11 heteroatoms. The largest absolute Gasteiger partial charge is 0.461 e. The first-order chi connectivity index (χ1) is 16.7. The minimum Gasteiger partial charge on any atom is -0.461 e. The first-order valence-electron chi connectivity index (χ1n) is 12.5. The number of thiol groups is 3. The number of ether oxygens (including phenoxy) is 3. The average Bonchev–Trinajstić information content (AvgIpc) is 2.86. The number of carbonyl (C=O) groups excluding carboxylic acids is 3. The van der Waals surface area contributed by atoms with Crippen molar-refractivity contribution in [3.8, 4) is 0 Å². The quantitative estimate of drug-likeness (QED) is 0.0577. The number of hydrogen-bond acceptors (Lipinski definition) is 10. The van der Waals surface area contributed by atoms with Gasteiger partial charge in [-0.3, -0.25) is 14.4 Å². The zero-order valence-corrected chi connectivity index (χ0v) is 27.6. The molecule has 0 heterocycles. The van der Waals surface area contributed by atoms with E-state index >= 15 is 0 Å². The molecular formula is C24H48O7S3Sn. The second-order valence-corrected chi connectivity index (χ2v) is 15.0. The van der Waals surface area contributed by atoms with Gasteiger partial charge in [0, 0.05) is 0 Å². The molecule has 0 aliphatic carbocycles. The van der Waals surface area contributed by atoms with Crippen molar-refractivity contribution < 1.29 is 31.7 Å². The van der Waals surface area contributed by atoms with Gasteiger partial charge in [-0.15, -0.1) is 0 Å². The summed E-state index contributed by atoms with van der Waals surface area (Å²) < 4.78 is 27.4. The van der Waals surface area contributed by atoms with E-state index in [4.69, 9.17) is 4.74 Å². The standard InChI is InChI=1S/C10H20O2S.C6H10O4S2.2C4H9.O.Sn/c1-9(2)6-4-3-5-7-12-10(11)8-13;7-5(3-11)9-1-2-10-6(8)4-12;2*1-3-4-2;;/h9,13H,3-8H2,1-2H3;11-12H,1-4H2;2*1,3-4H2,2H3;;. The summed E-state index contributed by atoms with van der Waals surface area (Å²) in [6.07, 6.45) is 9.43. The second-order valence-electron chi connectivity index (χ2n) is 8.12. The number of hydrogen-bond donors (Lipinski definition) is 3. The summed E-state index contributed by atoms with van der Waals surface area (Å²) in [7, 11) is 0. The maximum Gasteiger partial charge on any atom is 0.315 e. The van der Waals surface area contributed by atoms with Crippen LogP contribution in [0.1, 0.15) is 79.1 Å². The van der Waals surface area contributed by atoms with Gasteiger partial charge in [-0.1, -0.05) is 33.1 Å². The van der Waals surface area contributed by atoms with Crippen LogP contribution in [0.5, 0.6) is 0 Å². The molecule has 0 aromatic carbocycles. The van der Waals surface area contributed by atoms with E-state index in [-0.39, 0.29) is 36.4 Å². The number of unbranched alkanes of at least 4 members (excludes halogenated alkanes) is 4. The summed E-state index contributed by atoms with van der Waals surface area (Å²) in [4.78, 5) is 31.6. The van der Waals surface area contributed by atoms with Crippen LogP contribution in [-0.4, -0.2) is 74.7 Å². The van der Waals surface area contributed by atoms with E-state index in [0.29, 0.717) is 6.61 Å². The Bertz CT molecular complexity index is 507. The number of rotatable bonds is 18. The van der Waals surface area contributed by atoms with Gasteiger partial charge in [0.15, 0.2) is 0 Å². The fourth-order valence-corrected chi connectivity index (χ4v) is 7.59. The van der Waals surface area contributed by atoms with Crippen molar-refractivity contribution in [2.75, 3.05) is 37.1 Å². The Morgan fingerprint density at radius 3 is 1.40 bits per heavy atom. The fourth-order valence-electron chi connectivity index (χ4n) is 2.34. The molecule has 0 saturated heterocycles. The molecular weight excluding hydrogens is 615 g/mol. The Balaban J connectivity index is -0.000000443. The van der Waals surface area contributed by atoms with Crippen LogP contribution in [-0.2, 0) is 31.7 Å². The third-order valence-electron chi connectivity index (χ3n) is 4.30. The van der Waals surface area contributed by atoms with Crippen LogP contribution in [0, 0.1) is 5.92 Å². The third-order valence-corrected chi connectivity index (χ3v) is 10.3. The van der Waals surface area contributed by atoms with Gasteiger partial charge >= 0.3 is 89.1 Å². The monoisotopic (exact) mass is 664 g/mol. The van der Waals surface area contributed by atoms with Gasteiger partial charge in [0.25, 0.3) is 0 Å². The molecule has 0 aliphatic heterocycles. The molecule has 0 aliphatic rings. The molecule has 35 heavy (non-hydrogen) atoms. The second kappa shape index (κ2) is 32.1. The first kappa shape index (κ1) is 39.6. The van der Waals surface area contributed by atoms with Crippen LogP contribution < -0.4 is 0 Å². The molecule has 7 nitrogen and oxygen atoms in total. The SMILES string of the molecule is CC(C)CCCCCOC(=O)CS.CCC[CH2][Sn](=[O])[CH2]CCC.O=C(CS)OCCOC(=O)CS. The predicted octanol–water partition coefficient (Wildman–Crippen LogP) is 5.62. The Morgan fingerprint density at radius 2 is 1.06 bits per heavy atom. The number of carbonyl (C=O) groups is 3. The van der Waals surface area contributed by atoms with Crippen molar-refractivity contribution in [1.29, 1.82) is 0 Å². The van der Waals surface area contributed by atoms with Gasteiger partial charge in [0.05, 0.1) is 23.9 Å². The van der Waals surface area contributed by atoms with Crippen molar-refractivity contribution >= 4 is 75.5 Å². The van der Waals surface area contributed by atoms with E-state index in [1.165, 1.54) is 38.5 Å². The third kappa shape index (κ3) is 38.7. The maximum atomic E-state index is 11.2. The molecule has 0 fully saturated rings. The molecule has 0 bridgehead atoms. The number of esters is 3. The van der Waals surface area contributed by atoms with Crippen LogP contribution in [0.15, 0.2) is 0 Å². The van der Waals surface area contributed by atoms with Crippen LogP contribution >= 0.6 is 37.9 Å². The Morgan fingerprint density at radius 1 is 0.657 bits per heavy atom. The first-order valence-corrected chi connectivity index (χ1v) is 19.6. The van der Waals surface area contributed by atoms with Gasteiger partial charge < -0.3 is 14.2 Å². The molecule has 0 amide bonds. The average molecular weight is 664 g/mol. The summed E-state index contributed by atoms with van der Waals surface area (Å²) in [5, 5.41) is 0. The van der Waals surface area contributed by atoms with Crippen LogP contribution in [0.4, 0.5) is 0 Å². The Hall–Kier alpha value is 0.0587. The van der Waals surface area contributed by atoms with Gasteiger partial charge in [0.1, 0.15) is 13.2 Å². The summed E-state index contributed by atoms with van der Waals surface area (Å²) in [6, 6.07) is 0. The molecule has 0 saturated carbocycles. The van der Waals surface area contributed by atoms with E-state index in [1.807, 2.05) is 0 Å². The van der Waals surface area contributed by atoms with Gasteiger partial charge in [0.2, 0.25) is 0 Å². The molecule has 0 spiro atoms. The predicted molar refractivity (Wildman–Crippen MR) is 154 cm³/mol. The van der Waals surface area contributed by atoms with Crippen LogP contribution in [0.2, 0.25) is 8.87 Å². The van der Waals surface area contributed by atoms with E-state index < -0.39 is 31.7 Å². The molecule has 0 radical (unpaired) electrons. The minimum absolute atomic E-state index is 0.0283. The van der Waals surface area contributed by atoms with E-state index in [2.05, 4.69) is 75.1 Å². The van der Waals surface area contributed by atoms with Crippen LogP contribution in [0.3, 0.4) is 0 Å². The zero-order valence-electron chi connectivity index (χ0n) is 22.1. The van der Waals surface area contributed by atoms with Crippen molar-refractivity contribution in [3.05, 3.63) is 0 Å². The van der Waals surface area contributed by atoms with Crippen LogP contribution in [0.25, 0.3) is 0 Å². The normalized spacial score (nSPS) is 9.83.